The second-order valence-electron chi connectivity index (χ2n) is 7.70. The largest absolute Gasteiger partial charge is 0.493 e. The molecular formula is C26H28N2O4. The summed E-state index contributed by atoms with van der Waals surface area (Å²) in [6, 6.07) is 22.8. The zero-order chi connectivity index (χ0) is 22.3. The summed E-state index contributed by atoms with van der Waals surface area (Å²) >= 11 is 0. The van der Waals surface area contributed by atoms with Gasteiger partial charge in [-0.15, -0.1) is 0 Å². The Hall–Kier alpha value is -3.51. The van der Waals surface area contributed by atoms with Gasteiger partial charge in [-0.3, -0.25) is 4.90 Å². The molecule has 1 fully saturated rings. The minimum atomic E-state index is -0.345. The smallest absolute Gasteiger partial charge is 0.343 e. The molecule has 1 heterocycles. The second kappa shape index (κ2) is 10.2. The van der Waals surface area contributed by atoms with Gasteiger partial charge in [-0.1, -0.05) is 24.3 Å². The lowest BCUT2D eigenvalue weighted by atomic mass is 10.1. The van der Waals surface area contributed by atoms with E-state index in [0.717, 1.165) is 49.9 Å². The van der Waals surface area contributed by atoms with Crippen molar-refractivity contribution in [3.05, 3.63) is 83.9 Å². The van der Waals surface area contributed by atoms with Gasteiger partial charge in [0.2, 0.25) is 0 Å². The summed E-state index contributed by atoms with van der Waals surface area (Å²) in [5.41, 5.74) is 2.89. The molecule has 0 saturated carbocycles. The van der Waals surface area contributed by atoms with Crippen molar-refractivity contribution in [1.82, 2.24) is 4.90 Å². The fraction of sp³-hybridized carbons (Fsp3) is 0.269. The molecule has 1 aliphatic heterocycles. The average molecular weight is 433 g/mol. The maximum absolute atomic E-state index is 12.2. The number of piperazine rings is 1. The third kappa shape index (κ3) is 5.21. The lowest BCUT2D eigenvalue weighted by Gasteiger charge is -2.36. The standard InChI is InChI=1S/C26H28N2O4/c1-30-24-13-8-20(18-25(24)31-2)19-27-14-16-28(17-15-27)22-9-11-23(12-10-22)32-26(29)21-6-4-3-5-7-21/h3-13,18H,14-17,19H2,1-2H3. The van der Waals surface area contributed by atoms with Gasteiger partial charge in [-0.05, 0) is 54.1 Å². The summed E-state index contributed by atoms with van der Waals surface area (Å²) in [7, 11) is 3.31. The number of carbonyl (C=O) groups is 1. The summed E-state index contributed by atoms with van der Waals surface area (Å²) in [5.74, 6) is 1.72. The number of ether oxygens (including phenoxy) is 3. The van der Waals surface area contributed by atoms with Gasteiger partial charge in [0, 0.05) is 38.4 Å². The summed E-state index contributed by atoms with van der Waals surface area (Å²) in [6.07, 6.45) is 0. The van der Waals surface area contributed by atoms with Gasteiger partial charge in [-0.25, -0.2) is 4.79 Å². The number of hydrogen-bond donors (Lipinski definition) is 0. The van der Waals surface area contributed by atoms with Crippen molar-refractivity contribution in [2.75, 3.05) is 45.3 Å². The number of methoxy groups -OCH3 is 2. The van der Waals surface area contributed by atoms with Gasteiger partial charge < -0.3 is 19.1 Å². The highest BCUT2D eigenvalue weighted by molar-refractivity contribution is 5.91. The second-order valence-corrected chi connectivity index (χ2v) is 7.70. The van der Waals surface area contributed by atoms with E-state index in [9.17, 15) is 4.79 Å². The quantitative estimate of drug-likeness (QED) is 0.411. The van der Waals surface area contributed by atoms with Crippen LogP contribution in [0.5, 0.6) is 17.2 Å². The molecule has 0 atom stereocenters. The molecule has 1 aliphatic rings. The Morgan fingerprint density at radius 3 is 2.16 bits per heavy atom. The molecule has 0 N–H and O–H groups in total. The number of hydrogen-bond acceptors (Lipinski definition) is 6. The minimum absolute atomic E-state index is 0.345. The molecule has 1 saturated heterocycles. The molecule has 0 bridgehead atoms. The number of rotatable bonds is 7. The van der Waals surface area contributed by atoms with E-state index in [1.807, 2.05) is 54.6 Å². The highest BCUT2D eigenvalue weighted by atomic mass is 16.5. The molecule has 0 aliphatic carbocycles. The zero-order valence-electron chi connectivity index (χ0n) is 18.5. The van der Waals surface area contributed by atoms with Crippen LogP contribution in [0.4, 0.5) is 5.69 Å². The lowest BCUT2D eigenvalue weighted by Crippen LogP contribution is -2.45. The monoisotopic (exact) mass is 432 g/mol. The Labute approximate surface area is 188 Å². The van der Waals surface area contributed by atoms with Gasteiger partial charge in [0.1, 0.15) is 5.75 Å². The van der Waals surface area contributed by atoms with E-state index < -0.39 is 0 Å². The van der Waals surface area contributed by atoms with E-state index in [1.165, 1.54) is 5.56 Å². The van der Waals surface area contributed by atoms with Crippen LogP contribution in [0.25, 0.3) is 0 Å². The van der Waals surface area contributed by atoms with Crippen molar-refractivity contribution in [3.63, 3.8) is 0 Å². The first-order valence-electron chi connectivity index (χ1n) is 10.7. The number of carbonyl (C=O) groups excluding carboxylic acids is 1. The molecular weight excluding hydrogens is 404 g/mol. The summed E-state index contributed by atoms with van der Waals surface area (Å²) < 4.78 is 16.2. The molecule has 0 amide bonds. The molecule has 3 aromatic rings. The van der Waals surface area contributed by atoms with E-state index in [2.05, 4.69) is 15.9 Å². The van der Waals surface area contributed by atoms with Gasteiger partial charge in [0.25, 0.3) is 0 Å². The van der Waals surface area contributed by atoms with Gasteiger partial charge in [0.05, 0.1) is 19.8 Å². The van der Waals surface area contributed by atoms with E-state index >= 15 is 0 Å². The van der Waals surface area contributed by atoms with E-state index in [-0.39, 0.29) is 5.97 Å². The molecule has 32 heavy (non-hydrogen) atoms. The first-order valence-corrected chi connectivity index (χ1v) is 10.7. The maximum Gasteiger partial charge on any atom is 0.343 e. The predicted octanol–water partition coefficient (Wildman–Crippen LogP) is 4.25. The van der Waals surface area contributed by atoms with Crippen LogP contribution < -0.4 is 19.1 Å². The molecule has 6 nitrogen and oxygen atoms in total. The van der Waals surface area contributed by atoms with Crippen molar-refractivity contribution in [3.8, 4) is 17.2 Å². The molecule has 166 valence electrons. The van der Waals surface area contributed by atoms with Crippen molar-refractivity contribution in [1.29, 1.82) is 0 Å². The minimum Gasteiger partial charge on any atom is -0.493 e. The first kappa shape index (κ1) is 21.7. The zero-order valence-corrected chi connectivity index (χ0v) is 18.5. The molecule has 4 rings (SSSR count). The van der Waals surface area contributed by atoms with Crippen LogP contribution >= 0.6 is 0 Å². The lowest BCUT2D eigenvalue weighted by molar-refractivity contribution is 0.0735. The van der Waals surface area contributed by atoms with Gasteiger partial charge in [-0.2, -0.15) is 0 Å². The topological polar surface area (TPSA) is 51.2 Å². The van der Waals surface area contributed by atoms with Crippen LogP contribution in [0, 0.1) is 0 Å². The normalized spacial score (nSPS) is 14.1. The fourth-order valence-corrected chi connectivity index (χ4v) is 3.87. The third-order valence-corrected chi connectivity index (χ3v) is 5.65. The van der Waals surface area contributed by atoms with Crippen molar-refractivity contribution in [2.24, 2.45) is 0 Å². The number of anilines is 1. The first-order chi connectivity index (χ1) is 15.7. The van der Waals surface area contributed by atoms with Crippen molar-refractivity contribution in [2.45, 2.75) is 6.54 Å². The van der Waals surface area contributed by atoms with Crippen LogP contribution in [-0.4, -0.2) is 51.3 Å². The summed E-state index contributed by atoms with van der Waals surface area (Å²) in [5, 5.41) is 0. The highest BCUT2D eigenvalue weighted by Gasteiger charge is 2.18. The van der Waals surface area contributed by atoms with Crippen LogP contribution in [0.1, 0.15) is 15.9 Å². The van der Waals surface area contributed by atoms with Gasteiger partial charge >= 0.3 is 5.97 Å². The average Bonchev–Trinajstić information content (AvgIpc) is 2.85. The highest BCUT2D eigenvalue weighted by Crippen LogP contribution is 2.28. The molecule has 3 aromatic carbocycles. The van der Waals surface area contributed by atoms with E-state index in [1.54, 1.807) is 26.4 Å². The van der Waals surface area contributed by atoms with Gasteiger partial charge in [0.15, 0.2) is 11.5 Å². The van der Waals surface area contributed by atoms with Crippen molar-refractivity contribution >= 4 is 11.7 Å². The molecule has 6 heteroatoms. The number of esters is 1. The van der Waals surface area contributed by atoms with Crippen LogP contribution in [0.15, 0.2) is 72.8 Å². The SMILES string of the molecule is COc1ccc(CN2CCN(c3ccc(OC(=O)c4ccccc4)cc3)CC2)cc1OC. The van der Waals surface area contributed by atoms with E-state index in [0.29, 0.717) is 11.3 Å². The number of nitrogens with zero attached hydrogens (tertiary/aromatic N) is 2. The molecule has 0 unspecified atom stereocenters. The van der Waals surface area contributed by atoms with Crippen molar-refractivity contribution < 1.29 is 19.0 Å². The third-order valence-electron chi connectivity index (χ3n) is 5.65. The Morgan fingerprint density at radius 2 is 1.50 bits per heavy atom. The Balaban J connectivity index is 1.30. The molecule has 0 spiro atoms. The Bertz CT molecular complexity index is 1030. The number of benzene rings is 3. The van der Waals surface area contributed by atoms with Crippen LogP contribution in [0.3, 0.4) is 0 Å². The molecule has 0 radical (unpaired) electrons. The predicted molar refractivity (Wildman–Crippen MR) is 125 cm³/mol. The maximum atomic E-state index is 12.2. The van der Waals surface area contributed by atoms with E-state index in [4.69, 9.17) is 14.2 Å². The Kier molecular flexibility index (Phi) is 6.92. The fourth-order valence-electron chi connectivity index (χ4n) is 3.87. The molecule has 0 aromatic heterocycles. The van der Waals surface area contributed by atoms with Crippen LogP contribution in [-0.2, 0) is 6.54 Å². The van der Waals surface area contributed by atoms with Crippen LogP contribution in [0.2, 0.25) is 0 Å². The Morgan fingerprint density at radius 1 is 0.812 bits per heavy atom. The summed E-state index contributed by atoms with van der Waals surface area (Å²) in [4.78, 5) is 17.0. The summed E-state index contributed by atoms with van der Waals surface area (Å²) in [6.45, 7) is 4.70.